The molecule has 0 bridgehead atoms. The van der Waals surface area contributed by atoms with Gasteiger partial charge in [-0.3, -0.25) is 9.69 Å². The van der Waals surface area contributed by atoms with Crippen LogP contribution in [0.25, 0.3) is 0 Å². The molecule has 3 rings (SSSR count). The summed E-state index contributed by atoms with van der Waals surface area (Å²) in [4.78, 5) is 15.0. The minimum atomic E-state index is -0.0851. The first-order valence-electron chi connectivity index (χ1n) is 8.32. The van der Waals surface area contributed by atoms with Crippen molar-refractivity contribution in [1.82, 2.24) is 14.6 Å². The number of carbonyl (C=O) groups is 1. The van der Waals surface area contributed by atoms with E-state index in [1.165, 1.54) is 24.4 Å². The van der Waals surface area contributed by atoms with Gasteiger partial charge in [0.05, 0.1) is 17.3 Å². The first kappa shape index (κ1) is 17.0. The van der Waals surface area contributed by atoms with Crippen molar-refractivity contribution in [1.29, 1.82) is 0 Å². The zero-order valence-electron chi connectivity index (χ0n) is 14.4. The number of hydrogen-bond acceptors (Lipinski definition) is 6. The van der Waals surface area contributed by atoms with E-state index in [1.807, 2.05) is 33.0 Å². The summed E-state index contributed by atoms with van der Waals surface area (Å²) in [5, 5.41) is 6.92. The molecule has 0 aromatic carbocycles. The molecular formula is C17H24N4O2S. The van der Waals surface area contributed by atoms with Crippen molar-refractivity contribution in [3.63, 3.8) is 0 Å². The Bertz CT molecular complexity index is 703. The predicted octanol–water partition coefficient (Wildman–Crippen LogP) is 2.96. The molecule has 1 fully saturated rings. The number of rotatable bonds is 6. The number of amides is 1. The van der Waals surface area contributed by atoms with Crippen LogP contribution in [0.1, 0.15) is 46.5 Å². The van der Waals surface area contributed by atoms with Crippen molar-refractivity contribution in [2.45, 2.75) is 32.7 Å². The van der Waals surface area contributed by atoms with Gasteiger partial charge in [0.1, 0.15) is 16.5 Å². The number of likely N-dealkylation sites (tertiary alicyclic amines) is 1. The van der Waals surface area contributed by atoms with E-state index in [1.54, 1.807) is 0 Å². The number of hydrogen-bond donors (Lipinski definition) is 2. The van der Waals surface area contributed by atoms with Crippen molar-refractivity contribution in [3.8, 4) is 0 Å². The second-order valence-electron chi connectivity index (χ2n) is 6.14. The Morgan fingerprint density at radius 3 is 2.75 bits per heavy atom. The Morgan fingerprint density at radius 2 is 2.12 bits per heavy atom. The predicted molar refractivity (Wildman–Crippen MR) is 95.7 cm³/mol. The highest BCUT2D eigenvalue weighted by Gasteiger charge is 2.27. The molecule has 6 nitrogen and oxygen atoms in total. The molecular weight excluding hydrogens is 324 g/mol. The van der Waals surface area contributed by atoms with Crippen LogP contribution < -0.4 is 10.6 Å². The normalized spacial score (nSPS) is 16.3. The van der Waals surface area contributed by atoms with Crippen LogP contribution in [-0.4, -0.2) is 41.9 Å². The van der Waals surface area contributed by atoms with Gasteiger partial charge in [-0.1, -0.05) is 0 Å². The number of anilines is 1. The van der Waals surface area contributed by atoms with Crippen molar-refractivity contribution in [2.24, 2.45) is 0 Å². The third kappa shape index (κ3) is 3.47. The van der Waals surface area contributed by atoms with Gasteiger partial charge in [0, 0.05) is 13.6 Å². The molecule has 7 heteroatoms. The molecule has 1 atom stereocenters. The van der Waals surface area contributed by atoms with Crippen LogP contribution in [0.2, 0.25) is 0 Å². The van der Waals surface area contributed by atoms with Gasteiger partial charge in [-0.15, -0.1) is 0 Å². The number of aryl methyl sites for hydroxylation is 2. The van der Waals surface area contributed by atoms with Crippen LogP contribution in [-0.2, 0) is 0 Å². The molecule has 1 unspecified atom stereocenters. The minimum absolute atomic E-state index is 0.0788. The largest absolute Gasteiger partial charge is 0.465 e. The van der Waals surface area contributed by atoms with E-state index < -0.39 is 0 Å². The molecule has 0 spiro atoms. The van der Waals surface area contributed by atoms with E-state index in [9.17, 15) is 4.79 Å². The average molecular weight is 348 g/mol. The SMILES string of the molecule is CNc1snc(C)c1C(=O)NCC(c1ccc(C)o1)N1CCCC1. The lowest BCUT2D eigenvalue weighted by Crippen LogP contribution is -2.36. The summed E-state index contributed by atoms with van der Waals surface area (Å²) in [6.45, 7) is 6.43. The highest BCUT2D eigenvalue weighted by atomic mass is 32.1. The fraction of sp³-hybridized carbons (Fsp3) is 0.529. The topological polar surface area (TPSA) is 70.4 Å². The Hall–Kier alpha value is -1.86. The van der Waals surface area contributed by atoms with Crippen LogP contribution >= 0.6 is 11.5 Å². The van der Waals surface area contributed by atoms with Gasteiger partial charge in [-0.05, 0) is 63.4 Å². The maximum Gasteiger partial charge on any atom is 0.256 e. The molecule has 2 aromatic heterocycles. The fourth-order valence-corrected chi connectivity index (χ4v) is 3.92. The summed E-state index contributed by atoms with van der Waals surface area (Å²) in [6.07, 6.45) is 2.39. The number of furan rings is 1. The summed E-state index contributed by atoms with van der Waals surface area (Å²) in [7, 11) is 1.81. The molecule has 24 heavy (non-hydrogen) atoms. The minimum Gasteiger partial charge on any atom is -0.465 e. The Labute approximate surface area is 146 Å². The van der Waals surface area contributed by atoms with Crippen LogP contribution in [0.15, 0.2) is 16.5 Å². The standard InChI is InChI=1S/C17H24N4O2S/c1-11-6-7-14(23-11)13(21-8-4-5-9-21)10-19-16(22)15-12(2)20-24-17(15)18-3/h6-7,13,18H,4-5,8-10H2,1-3H3,(H,19,22). The van der Waals surface area contributed by atoms with Gasteiger partial charge in [0.25, 0.3) is 5.91 Å². The molecule has 1 saturated heterocycles. The molecule has 130 valence electrons. The number of carbonyl (C=O) groups excluding carboxylic acids is 1. The van der Waals surface area contributed by atoms with Gasteiger partial charge in [-0.2, -0.15) is 4.37 Å². The molecule has 0 saturated carbocycles. The molecule has 3 heterocycles. The van der Waals surface area contributed by atoms with Gasteiger partial charge in [-0.25, -0.2) is 0 Å². The maximum absolute atomic E-state index is 12.6. The zero-order chi connectivity index (χ0) is 17.1. The molecule has 2 N–H and O–H groups in total. The van der Waals surface area contributed by atoms with Crippen LogP contribution in [0.5, 0.6) is 0 Å². The summed E-state index contributed by atoms with van der Waals surface area (Å²) < 4.78 is 10.1. The third-order valence-corrected chi connectivity index (χ3v) is 5.40. The van der Waals surface area contributed by atoms with Crippen LogP contribution in [0, 0.1) is 13.8 Å². The fourth-order valence-electron chi connectivity index (χ4n) is 3.18. The van der Waals surface area contributed by atoms with Gasteiger partial charge in [0.15, 0.2) is 0 Å². The highest BCUT2D eigenvalue weighted by molar-refractivity contribution is 7.10. The lowest BCUT2D eigenvalue weighted by molar-refractivity contribution is 0.0934. The Kier molecular flexibility index (Phi) is 5.20. The van der Waals surface area contributed by atoms with Crippen molar-refractivity contribution < 1.29 is 9.21 Å². The van der Waals surface area contributed by atoms with Crippen molar-refractivity contribution >= 4 is 22.4 Å². The first-order chi connectivity index (χ1) is 11.6. The van der Waals surface area contributed by atoms with E-state index in [4.69, 9.17) is 4.42 Å². The summed E-state index contributed by atoms with van der Waals surface area (Å²) in [6, 6.07) is 4.07. The zero-order valence-corrected chi connectivity index (χ0v) is 15.2. The number of aromatic nitrogens is 1. The Balaban J connectivity index is 1.73. The smallest absolute Gasteiger partial charge is 0.256 e. The molecule has 0 aliphatic carbocycles. The van der Waals surface area contributed by atoms with Gasteiger partial charge < -0.3 is 15.1 Å². The summed E-state index contributed by atoms with van der Waals surface area (Å²) >= 11 is 1.31. The van der Waals surface area contributed by atoms with E-state index in [0.29, 0.717) is 12.1 Å². The Morgan fingerprint density at radius 1 is 1.38 bits per heavy atom. The van der Waals surface area contributed by atoms with Crippen molar-refractivity contribution in [2.75, 3.05) is 32.0 Å². The summed E-state index contributed by atoms with van der Waals surface area (Å²) in [5.74, 6) is 1.73. The van der Waals surface area contributed by atoms with E-state index in [-0.39, 0.29) is 11.9 Å². The first-order valence-corrected chi connectivity index (χ1v) is 9.10. The quantitative estimate of drug-likeness (QED) is 0.840. The van der Waals surface area contributed by atoms with E-state index in [2.05, 4.69) is 19.9 Å². The van der Waals surface area contributed by atoms with Gasteiger partial charge in [0.2, 0.25) is 0 Å². The van der Waals surface area contributed by atoms with Crippen molar-refractivity contribution in [3.05, 3.63) is 34.9 Å². The van der Waals surface area contributed by atoms with E-state index >= 15 is 0 Å². The molecule has 1 aliphatic rings. The monoisotopic (exact) mass is 348 g/mol. The van der Waals surface area contributed by atoms with Crippen LogP contribution in [0.3, 0.4) is 0 Å². The molecule has 1 amide bonds. The lowest BCUT2D eigenvalue weighted by atomic mass is 10.1. The third-order valence-electron chi connectivity index (χ3n) is 4.44. The second kappa shape index (κ2) is 7.36. The van der Waals surface area contributed by atoms with E-state index in [0.717, 1.165) is 35.3 Å². The summed E-state index contributed by atoms with van der Waals surface area (Å²) in [5.41, 5.74) is 1.40. The number of nitrogens with zero attached hydrogens (tertiary/aromatic N) is 2. The average Bonchev–Trinajstić information content (AvgIpc) is 3.29. The van der Waals surface area contributed by atoms with Crippen LogP contribution in [0.4, 0.5) is 5.00 Å². The lowest BCUT2D eigenvalue weighted by Gasteiger charge is -2.26. The molecule has 2 aromatic rings. The molecule has 1 aliphatic heterocycles. The molecule has 0 radical (unpaired) electrons. The van der Waals surface area contributed by atoms with Gasteiger partial charge >= 0.3 is 0 Å². The number of nitrogens with one attached hydrogen (secondary N) is 2. The highest BCUT2D eigenvalue weighted by Crippen LogP contribution is 2.27. The second-order valence-corrected chi connectivity index (χ2v) is 6.91. The maximum atomic E-state index is 12.6.